The average molecular weight is 211 g/mol. The lowest BCUT2D eigenvalue weighted by atomic mass is 10.1. The van der Waals surface area contributed by atoms with Gasteiger partial charge in [-0.25, -0.2) is 4.39 Å². The largest absolute Gasteiger partial charge is 0.481 e. The van der Waals surface area contributed by atoms with Crippen LogP contribution in [0.5, 0.6) is 0 Å². The molecule has 3 nitrogen and oxygen atoms in total. The van der Waals surface area contributed by atoms with Crippen LogP contribution in [0, 0.1) is 0 Å². The van der Waals surface area contributed by atoms with Crippen molar-refractivity contribution in [1.29, 1.82) is 0 Å². The molecule has 0 radical (unpaired) electrons. The second-order valence-corrected chi connectivity index (χ2v) is 3.70. The Bertz CT molecular complexity index is 325. The van der Waals surface area contributed by atoms with Crippen LogP contribution in [0.1, 0.15) is 13.3 Å². The fourth-order valence-electron chi connectivity index (χ4n) is 1.22. The second-order valence-electron chi connectivity index (χ2n) is 3.70. The zero-order chi connectivity index (χ0) is 11.3. The number of nitrogens with one attached hydrogen (secondary N) is 1. The van der Waals surface area contributed by atoms with Crippen molar-refractivity contribution in [3.05, 3.63) is 30.3 Å². The molecule has 0 amide bonds. The highest BCUT2D eigenvalue weighted by Crippen LogP contribution is 2.16. The Hall–Kier alpha value is -1.58. The summed E-state index contributed by atoms with van der Waals surface area (Å²) in [4.78, 5) is 10.4. The van der Waals surface area contributed by atoms with E-state index in [1.165, 1.54) is 6.92 Å². The van der Waals surface area contributed by atoms with Crippen LogP contribution >= 0.6 is 0 Å². The Morgan fingerprint density at radius 1 is 1.47 bits per heavy atom. The smallest absolute Gasteiger partial charge is 0.306 e. The van der Waals surface area contributed by atoms with Crippen molar-refractivity contribution in [2.24, 2.45) is 0 Å². The van der Waals surface area contributed by atoms with Crippen LogP contribution in [0.4, 0.5) is 10.1 Å². The molecule has 0 aliphatic rings. The number of aliphatic carboxylic acids is 1. The molecule has 0 saturated heterocycles. The van der Waals surface area contributed by atoms with E-state index in [1.807, 2.05) is 18.2 Å². The van der Waals surface area contributed by atoms with Gasteiger partial charge in [0.1, 0.15) is 5.67 Å². The first-order chi connectivity index (χ1) is 6.99. The summed E-state index contributed by atoms with van der Waals surface area (Å²) in [6, 6.07) is 9.12. The normalized spacial score (nSPS) is 14.3. The lowest BCUT2D eigenvalue weighted by Crippen LogP contribution is -2.31. The number of carbonyl (C=O) groups is 1. The minimum Gasteiger partial charge on any atom is -0.481 e. The maximum absolute atomic E-state index is 13.6. The summed E-state index contributed by atoms with van der Waals surface area (Å²) in [7, 11) is 0. The zero-order valence-corrected chi connectivity index (χ0v) is 8.53. The molecule has 0 saturated carbocycles. The van der Waals surface area contributed by atoms with Crippen molar-refractivity contribution in [3.8, 4) is 0 Å². The van der Waals surface area contributed by atoms with Crippen LogP contribution < -0.4 is 5.32 Å². The Kier molecular flexibility index (Phi) is 3.66. The van der Waals surface area contributed by atoms with E-state index in [2.05, 4.69) is 5.32 Å². The highest BCUT2D eigenvalue weighted by Gasteiger charge is 2.26. The van der Waals surface area contributed by atoms with Gasteiger partial charge in [-0.3, -0.25) is 4.79 Å². The van der Waals surface area contributed by atoms with Crippen LogP contribution in [0.2, 0.25) is 0 Å². The molecule has 4 heteroatoms. The highest BCUT2D eigenvalue weighted by molar-refractivity contribution is 5.68. The highest BCUT2D eigenvalue weighted by atomic mass is 19.1. The molecule has 0 aromatic heterocycles. The first-order valence-electron chi connectivity index (χ1n) is 4.69. The number of hydrogen-bond donors (Lipinski definition) is 2. The first-order valence-corrected chi connectivity index (χ1v) is 4.69. The van der Waals surface area contributed by atoms with Crippen LogP contribution in [0.3, 0.4) is 0 Å². The van der Waals surface area contributed by atoms with Gasteiger partial charge in [-0.1, -0.05) is 18.2 Å². The lowest BCUT2D eigenvalue weighted by molar-refractivity contribution is -0.139. The molecule has 2 N–H and O–H groups in total. The summed E-state index contributed by atoms with van der Waals surface area (Å²) in [5.41, 5.74) is -0.950. The van der Waals surface area contributed by atoms with E-state index in [0.717, 1.165) is 5.69 Å². The molecule has 0 fully saturated rings. The van der Waals surface area contributed by atoms with Crippen molar-refractivity contribution in [1.82, 2.24) is 0 Å². The maximum Gasteiger partial charge on any atom is 0.306 e. The van der Waals surface area contributed by atoms with Crippen molar-refractivity contribution >= 4 is 11.7 Å². The Morgan fingerprint density at radius 2 is 2.07 bits per heavy atom. The Morgan fingerprint density at radius 3 is 2.60 bits per heavy atom. The van der Waals surface area contributed by atoms with Gasteiger partial charge >= 0.3 is 5.97 Å². The van der Waals surface area contributed by atoms with Crippen molar-refractivity contribution < 1.29 is 14.3 Å². The molecule has 1 unspecified atom stereocenters. The van der Waals surface area contributed by atoms with Crippen LogP contribution in [0.25, 0.3) is 0 Å². The molecule has 1 rings (SSSR count). The number of rotatable bonds is 5. The number of anilines is 1. The van der Waals surface area contributed by atoms with Gasteiger partial charge < -0.3 is 10.4 Å². The predicted octanol–water partition coefficient (Wildman–Crippen LogP) is 2.30. The van der Waals surface area contributed by atoms with E-state index in [4.69, 9.17) is 5.11 Å². The van der Waals surface area contributed by atoms with Crippen molar-refractivity contribution in [2.45, 2.75) is 19.0 Å². The SMILES string of the molecule is CC(F)(CNc1ccccc1)CC(=O)O. The number of alkyl halides is 1. The first kappa shape index (κ1) is 11.5. The third kappa shape index (κ3) is 4.44. The summed E-state index contributed by atoms with van der Waals surface area (Å²) in [5, 5.41) is 11.3. The fourth-order valence-corrected chi connectivity index (χ4v) is 1.22. The van der Waals surface area contributed by atoms with Crippen molar-refractivity contribution in [2.75, 3.05) is 11.9 Å². The lowest BCUT2D eigenvalue weighted by Gasteiger charge is -2.19. The van der Waals surface area contributed by atoms with Gasteiger partial charge in [0.25, 0.3) is 0 Å². The van der Waals surface area contributed by atoms with Crippen molar-refractivity contribution in [3.63, 3.8) is 0 Å². The number of carboxylic acids is 1. The van der Waals surface area contributed by atoms with Gasteiger partial charge in [0, 0.05) is 12.2 Å². The third-order valence-electron chi connectivity index (χ3n) is 1.95. The summed E-state index contributed by atoms with van der Waals surface area (Å²) < 4.78 is 13.6. The molecule has 1 atom stereocenters. The molecule has 15 heavy (non-hydrogen) atoms. The molecule has 0 heterocycles. The summed E-state index contributed by atoms with van der Waals surface area (Å²) in [6.45, 7) is 1.26. The molecule has 1 aromatic rings. The molecular formula is C11H14FNO2. The predicted molar refractivity (Wildman–Crippen MR) is 56.7 cm³/mol. The summed E-state index contributed by atoms with van der Waals surface area (Å²) in [6.07, 6.45) is -0.493. The maximum atomic E-state index is 13.6. The Balaban J connectivity index is 2.46. The van der Waals surface area contributed by atoms with Gasteiger partial charge in [0.05, 0.1) is 6.42 Å². The van der Waals surface area contributed by atoms with Gasteiger partial charge in [-0.2, -0.15) is 0 Å². The average Bonchev–Trinajstić information content (AvgIpc) is 2.15. The monoisotopic (exact) mass is 211 g/mol. The topological polar surface area (TPSA) is 49.3 Å². The van der Waals surface area contributed by atoms with E-state index in [0.29, 0.717) is 0 Å². The van der Waals surface area contributed by atoms with E-state index in [-0.39, 0.29) is 6.54 Å². The molecule has 0 bridgehead atoms. The summed E-state index contributed by atoms with van der Waals surface area (Å²) >= 11 is 0. The van der Waals surface area contributed by atoms with Crippen LogP contribution in [-0.4, -0.2) is 23.3 Å². The molecule has 0 spiro atoms. The van der Waals surface area contributed by atoms with Crippen LogP contribution in [-0.2, 0) is 4.79 Å². The van der Waals surface area contributed by atoms with Gasteiger partial charge in [-0.05, 0) is 19.1 Å². The van der Waals surface area contributed by atoms with E-state index in [1.54, 1.807) is 12.1 Å². The number of carboxylic acid groups (broad SMARTS) is 1. The number of para-hydroxylation sites is 1. The van der Waals surface area contributed by atoms with E-state index in [9.17, 15) is 9.18 Å². The van der Waals surface area contributed by atoms with Gasteiger partial charge in [0.15, 0.2) is 0 Å². The quantitative estimate of drug-likeness (QED) is 0.785. The Labute approximate surface area is 87.9 Å². The minimum absolute atomic E-state index is 0.0106. The molecule has 1 aromatic carbocycles. The number of halogens is 1. The van der Waals surface area contributed by atoms with E-state index >= 15 is 0 Å². The molecular weight excluding hydrogens is 197 g/mol. The zero-order valence-electron chi connectivity index (χ0n) is 8.53. The summed E-state index contributed by atoms with van der Waals surface area (Å²) in [5.74, 6) is -1.13. The molecule has 0 aliphatic carbocycles. The van der Waals surface area contributed by atoms with E-state index < -0.39 is 18.1 Å². The fraction of sp³-hybridized carbons (Fsp3) is 0.364. The van der Waals surface area contributed by atoms with Gasteiger partial charge in [-0.15, -0.1) is 0 Å². The third-order valence-corrected chi connectivity index (χ3v) is 1.95. The standard InChI is InChI=1S/C11H14FNO2/c1-11(12,7-10(14)15)8-13-9-5-3-2-4-6-9/h2-6,13H,7-8H2,1H3,(H,14,15). The number of hydrogen-bond acceptors (Lipinski definition) is 2. The molecule has 82 valence electrons. The minimum atomic E-state index is -1.73. The van der Waals surface area contributed by atoms with Crippen LogP contribution in [0.15, 0.2) is 30.3 Å². The number of benzene rings is 1. The molecule has 0 aliphatic heterocycles. The van der Waals surface area contributed by atoms with Gasteiger partial charge in [0.2, 0.25) is 0 Å². The second kappa shape index (κ2) is 4.77.